The molecule has 0 bridgehead atoms. The second-order valence-electron chi connectivity index (χ2n) is 6.37. The lowest BCUT2D eigenvalue weighted by atomic mass is 9.86. The van der Waals surface area contributed by atoms with Gasteiger partial charge in [-0.05, 0) is 26.4 Å². The van der Waals surface area contributed by atoms with E-state index in [1.165, 1.54) is 32.1 Å². The van der Waals surface area contributed by atoms with Gasteiger partial charge in [0.2, 0.25) is 5.91 Å². The van der Waals surface area contributed by atoms with Gasteiger partial charge >= 0.3 is 5.97 Å². The molecule has 1 saturated carbocycles. The van der Waals surface area contributed by atoms with Gasteiger partial charge in [-0.2, -0.15) is 0 Å². The average molecular weight is 298 g/mol. The molecule has 122 valence electrons. The molecule has 21 heavy (non-hydrogen) atoms. The Morgan fingerprint density at radius 1 is 1.00 bits per heavy atom. The molecule has 0 atom stereocenters. The third-order valence-electron chi connectivity index (χ3n) is 4.26. The number of nitrogens with zero attached hydrogens (tertiary/aromatic N) is 2. The molecule has 5 heteroatoms. The van der Waals surface area contributed by atoms with Gasteiger partial charge in [0.15, 0.2) is 0 Å². The Hall–Kier alpha value is -1.10. The molecule has 1 rings (SSSR count). The Morgan fingerprint density at radius 3 is 2.24 bits per heavy atom. The van der Waals surface area contributed by atoms with Crippen LogP contribution in [0, 0.1) is 5.92 Å². The third kappa shape index (κ3) is 8.05. The number of carbonyl (C=O) groups excluding carboxylic acids is 1. The van der Waals surface area contributed by atoms with Gasteiger partial charge in [0.1, 0.15) is 0 Å². The average Bonchev–Trinajstić information content (AvgIpc) is 2.45. The molecule has 1 amide bonds. The number of amides is 1. The first-order valence-electron chi connectivity index (χ1n) is 8.13. The molecule has 0 aliphatic heterocycles. The van der Waals surface area contributed by atoms with Crippen LogP contribution < -0.4 is 0 Å². The number of carboxylic acids is 1. The summed E-state index contributed by atoms with van der Waals surface area (Å²) in [5.41, 5.74) is 0. The maximum Gasteiger partial charge on any atom is 0.305 e. The van der Waals surface area contributed by atoms with Gasteiger partial charge in [0, 0.05) is 26.1 Å². The van der Waals surface area contributed by atoms with E-state index in [0.717, 1.165) is 13.0 Å². The highest BCUT2D eigenvalue weighted by atomic mass is 16.4. The minimum atomic E-state index is -0.843. The summed E-state index contributed by atoms with van der Waals surface area (Å²) in [6, 6.07) is 0. The number of carbonyl (C=O) groups is 2. The smallest absolute Gasteiger partial charge is 0.305 e. The molecule has 0 aromatic rings. The van der Waals surface area contributed by atoms with Crippen LogP contribution in [-0.4, -0.2) is 60.5 Å². The predicted molar refractivity (Wildman–Crippen MR) is 83.2 cm³/mol. The summed E-state index contributed by atoms with van der Waals surface area (Å²) in [5.74, 6) is -0.0357. The van der Waals surface area contributed by atoms with E-state index in [0.29, 0.717) is 25.4 Å². The molecular weight excluding hydrogens is 268 g/mol. The van der Waals surface area contributed by atoms with Crippen molar-refractivity contribution in [2.75, 3.05) is 33.7 Å². The molecule has 0 aromatic heterocycles. The van der Waals surface area contributed by atoms with Crippen molar-refractivity contribution in [3.63, 3.8) is 0 Å². The quantitative estimate of drug-likeness (QED) is 0.709. The van der Waals surface area contributed by atoms with Crippen molar-refractivity contribution in [3.05, 3.63) is 0 Å². The second kappa shape index (κ2) is 9.77. The van der Waals surface area contributed by atoms with Crippen LogP contribution in [-0.2, 0) is 9.59 Å². The number of hydrogen-bond donors (Lipinski definition) is 1. The van der Waals surface area contributed by atoms with Crippen LogP contribution in [0.15, 0.2) is 0 Å². The lowest BCUT2D eigenvalue weighted by Crippen LogP contribution is -2.38. The van der Waals surface area contributed by atoms with Gasteiger partial charge in [0.05, 0.1) is 6.42 Å². The number of rotatable bonds is 9. The molecule has 1 fully saturated rings. The molecule has 1 aliphatic carbocycles. The van der Waals surface area contributed by atoms with Crippen molar-refractivity contribution in [2.45, 2.75) is 51.4 Å². The van der Waals surface area contributed by atoms with Crippen molar-refractivity contribution < 1.29 is 14.7 Å². The van der Waals surface area contributed by atoms with Crippen LogP contribution in [0.25, 0.3) is 0 Å². The topological polar surface area (TPSA) is 60.9 Å². The Bertz CT molecular complexity index is 325. The molecule has 0 aromatic carbocycles. The fourth-order valence-electron chi connectivity index (χ4n) is 2.87. The summed E-state index contributed by atoms with van der Waals surface area (Å²) in [5, 5.41) is 8.81. The predicted octanol–water partition coefficient (Wildman–Crippen LogP) is 2.21. The van der Waals surface area contributed by atoms with Crippen LogP contribution in [0.4, 0.5) is 0 Å². The van der Waals surface area contributed by atoms with Crippen molar-refractivity contribution in [3.8, 4) is 0 Å². The third-order valence-corrected chi connectivity index (χ3v) is 4.26. The van der Waals surface area contributed by atoms with E-state index in [1.54, 1.807) is 4.90 Å². The van der Waals surface area contributed by atoms with Crippen LogP contribution in [0.5, 0.6) is 0 Å². The van der Waals surface area contributed by atoms with Crippen molar-refractivity contribution in [2.24, 2.45) is 5.92 Å². The van der Waals surface area contributed by atoms with E-state index in [9.17, 15) is 9.59 Å². The van der Waals surface area contributed by atoms with Gasteiger partial charge in [-0.15, -0.1) is 0 Å². The van der Waals surface area contributed by atoms with E-state index >= 15 is 0 Å². The molecule has 0 unspecified atom stereocenters. The summed E-state index contributed by atoms with van der Waals surface area (Å²) in [4.78, 5) is 26.8. The highest BCUT2D eigenvalue weighted by molar-refractivity contribution is 5.77. The number of likely N-dealkylation sites (N-methyl/N-ethyl adjacent to an activating group) is 1. The molecule has 0 saturated heterocycles. The van der Waals surface area contributed by atoms with Crippen molar-refractivity contribution >= 4 is 11.9 Å². The van der Waals surface area contributed by atoms with E-state index in [2.05, 4.69) is 0 Å². The molecule has 1 N–H and O–H groups in total. The van der Waals surface area contributed by atoms with E-state index in [1.807, 2.05) is 19.0 Å². The summed E-state index contributed by atoms with van der Waals surface area (Å²) in [6.45, 7) is 1.71. The van der Waals surface area contributed by atoms with Crippen LogP contribution in [0.1, 0.15) is 51.4 Å². The standard InChI is InChI=1S/C16H30N2O3/c1-17(2)12-13-18(11-10-16(20)21)15(19)9-8-14-6-4-3-5-7-14/h14H,3-13H2,1-2H3,(H,20,21). The zero-order chi connectivity index (χ0) is 15.7. The Balaban J connectivity index is 2.38. The molecule has 1 aliphatic rings. The Kier molecular flexibility index (Phi) is 8.35. The van der Waals surface area contributed by atoms with Gasteiger partial charge in [-0.25, -0.2) is 0 Å². The first kappa shape index (κ1) is 18.0. The zero-order valence-electron chi connectivity index (χ0n) is 13.5. The maximum atomic E-state index is 12.3. The van der Waals surface area contributed by atoms with E-state index in [-0.39, 0.29) is 12.3 Å². The maximum absolute atomic E-state index is 12.3. The summed E-state index contributed by atoms with van der Waals surface area (Å²) in [6.07, 6.45) is 7.98. The zero-order valence-corrected chi connectivity index (χ0v) is 13.5. The number of aliphatic carboxylic acids is 1. The second-order valence-corrected chi connectivity index (χ2v) is 6.37. The fourth-order valence-corrected chi connectivity index (χ4v) is 2.87. The molecule has 0 radical (unpaired) electrons. The Morgan fingerprint density at radius 2 is 1.67 bits per heavy atom. The van der Waals surface area contributed by atoms with Gasteiger partial charge in [0.25, 0.3) is 0 Å². The first-order valence-corrected chi connectivity index (χ1v) is 8.13. The summed E-state index contributed by atoms with van der Waals surface area (Å²) >= 11 is 0. The highest BCUT2D eigenvalue weighted by Crippen LogP contribution is 2.27. The monoisotopic (exact) mass is 298 g/mol. The highest BCUT2D eigenvalue weighted by Gasteiger charge is 2.18. The van der Waals surface area contributed by atoms with Gasteiger partial charge in [-0.3, -0.25) is 9.59 Å². The number of hydrogen-bond acceptors (Lipinski definition) is 3. The minimum absolute atomic E-state index is 0.0304. The SMILES string of the molecule is CN(C)CCN(CCC(=O)O)C(=O)CCC1CCCCC1. The molecule has 0 spiro atoms. The number of carboxylic acid groups (broad SMARTS) is 1. The molecular formula is C16H30N2O3. The normalized spacial score (nSPS) is 16.1. The van der Waals surface area contributed by atoms with Crippen LogP contribution >= 0.6 is 0 Å². The largest absolute Gasteiger partial charge is 0.481 e. The van der Waals surface area contributed by atoms with Crippen molar-refractivity contribution in [1.82, 2.24) is 9.80 Å². The minimum Gasteiger partial charge on any atom is -0.481 e. The lowest BCUT2D eigenvalue weighted by molar-refractivity contribution is -0.138. The molecule has 5 nitrogen and oxygen atoms in total. The van der Waals surface area contributed by atoms with E-state index in [4.69, 9.17) is 5.11 Å². The van der Waals surface area contributed by atoms with Crippen LogP contribution in [0.3, 0.4) is 0 Å². The fraction of sp³-hybridized carbons (Fsp3) is 0.875. The summed E-state index contributed by atoms with van der Waals surface area (Å²) < 4.78 is 0. The van der Waals surface area contributed by atoms with Crippen molar-refractivity contribution in [1.29, 1.82) is 0 Å². The van der Waals surface area contributed by atoms with Gasteiger partial charge in [-0.1, -0.05) is 32.1 Å². The molecule has 0 heterocycles. The van der Waals surface area contributed by atoms with Gasteiger partial charge < -0.3 is 14.9 Å². The first-order chi connectivity index (χ1) is 9.99. The van der Waals surface area contributed by atoms with Crippen LogP contribution in [0.2, 0.25) is 0 Å². The lowest BCUT2D eigenvalue weighted by Gasteiger charge is -2.26. The van der Waals surface area contributed by atoms with E-state index < -0.39 is 5.97 Å². The summed E-state index contributed by atoms with van der Waals surface area (Å²) in [7, 11) is 3.92. The Labute approximate surface area is 128 Å².